The van der Waals surface area contributed by atoms with E-state index >= 15 is 0 Å². The second-order valence-electron chi connectivity index (χ2n) is 3.87. The first-order chi connectivity index (χ1) is 9.22. The molecule has 2 rings (SSSR count). The van der Waals surface area contributed by atoms with E-state index in [1.165, 1.54) is 6.21 Å². The van der Waals surface area contributed by atoms with Crippen LogP contribution in [0.15, 0.2) is 41.5 Å². The molecule has 19 heavy (non-hydrogen) atoms. The number of hydrogen-bond acceptors (Lipinski definition) is 3. The molecule has 0 heterocycles. The van der Waals surface area contributed by atoms with E-state index in [-0.39, 0.29) is 0 Å². The molecule has 0 bridgehead atoms. The van der Waals surface area contributed by atoms with Crippen LogP contribution in [0.1, 0.15) is 12.5 Å². The molecule has 0 unspecified atom stereocenters. The molecule has 0 radical (unpaired) electrons. The molecule has 2 aromatic rings. The van der Waals surface area contributed by atoms with E-state index in [9.17, 15) is 4.79 Å². The molecule has 0 fully saturated rings. The van der Waals surface area contributed by atoms with Crippen LogP contribution < -0.4 is 15.9 Å². The maximum Gasteiger partial charge on any atom is 0.332 e. The van der Waals surface area contributed by atoms with Crippen LogP contribution in [0.2, 0.25) is 0 Å². The van der Waals surface area contributed by atoms with E-state index in [1.54, 1.807) is 0 Å². The normalized spacial score (nSPS) is 10.8. The van der Waals surface area contributed by atoms with Gasteiger partial charge in [0.25, 0.3) is 0 Å². The lowest BCUT2D eigenvalue weighted by atomic mass is 10.0. The number of ether oxygens (including phenoxy) is 1. The van der Waals surface area contributed by atoms with E-state index in [0.717, 1.165) is 22.1 Å². The molecule has 5 nitrogen and oxygen atoms in total. The number of nitrogens with one attached hydrogen (secondary N) is 1. The Balaban J connectivity index is 2.49. The molecule has 0 aliphatic rings. The lowest BCUT2D eigenvalue weighted by molar-refractivity contribution is 0.249. The Morgan fingerprint density at radius 3 is 2.89 bits per heavy atom. The van der Waals surface area contributed by atoms with Gasteiger partial charge < -0.3 is 10.5 Å². The predicted octanol–water partition coefficient (Wildman–Crippen LogP) is 2.24. The first kappa shape index (κ1) is 12.9. The molecular formula is C14H15N3O2. The minimum atomic E-state index is -0.700. The Morgan fingerprint density at radius 2 is 2.16 bits per heavy atom. The third kappa shape index (κ3) is 3.01. The number of rotatable bonds is 4. The molecule has 0 saturated carbocycles. The standard InChI is InChI=1S/C14H15N3O2/c1-2-19-13-8-7-10-5-3-4-6-11(10)12(13)9-16-17-14(15)18/h3-9H,2H2,1H3,(H3,15,17,18). The third-order valence-electron chi connectivity index (χ3n) is 2.60. The minimum Gasteiger partial charge on any atom is -0.493 e. The number of benzene rings is 2. The average molecular weight is 257 g/mol. The third-order valence-corrected chi connectivity index (χ3v) is 2.60. The lowest BCUT2D eigenvalue weighted by Gasteiger charge is -2.09. The van der Waals surface area contributed by atoms with Crippen molar-refractivity contribution in [1.29, 1.82) is 0 Å². The zero-order valence-electron chi connectivity index (χ0n) is 10.6. The van der Waals surface area contributed by atoms with E-state index in [1.807, 2.05) is 43.3 Å². The van der Waals surface area contributed by atoms with E-state index in [0.29, 0.717) is 6.61 Å². The van der Waals surface area contributed by atoms with Crippen LogP contribution in [0.4, 0.5) is 4.79 Å². The SMILES string of the molecule is CCOc1ccc2ccccc2c1C=NNC(N)=O. The number of hydrogen-bond donors (Lipinski definition) is 2. The van der Waals surface area contributed by atoms with Crippen LogP contribution in [0.5, 0.6) is 5.75 Å². The van der Waals surface area contributed by atoms with Gasteiger partial charge in [-0.15, -0.1) is 0 Å². The van der Waals surface area contributed by atoms with Crippen molar-refractivity contribution in [3.05, 3.63) is 42.0 Å². The molecule has 98 valence electrons. The maximum absolute atomic E-state index is 10.6. The van der Waals surface area contributed by atoms with Gasteiger partial charge in [-0.05, 0) is 23.8 Å². The number of nitrogens with two attached hydrogens (primary N) is 1. The summed E-state index contributed by atoms with van der Waals surface area (Å²) in [5.41, 5.74) is 7.97. The summed E-state index contributed by atoms with van der Waals surface area (Å²) in [5.74, 6) is 0.719. The molecule has 0 aliphatic carbocycles. The summed E-state index contributed by atoms with van der Waals surface area (Å²) in [6, 6.07) is 11.1. The maximum atomic E-state index is 10.6. The van der Waals surface area contributed by atoms with Crippen molar-refractivity contribution in [3.63, 3.8) is 0 Å². The van der Waals surface area contributed by atoms with Gasteiger partial charge in [0.2, 0.25) is 0 Å². The monoisotopic (exact) mass is 257 g/mol. The second-order valence-corrected chi connectivity index (χ2v) is 3.87. The Morgan fingerprint density at radius 1 is 1.37 bits per heavy atom. The highest BCUT2D eigenvalue weighted by Gasteiger charge is 2.06. The Bertz CT molecular complexity index is 623. The largest absolute Gasteiger partial charge is 0.493 e. The van der Waals surface area contributed by atoms with Crippen molar-refractivity contribution in [2.45, 2.75) is 6.92 Å². The molecule has 5 heteroatoms. The van der Waals surface area contributed by atoms with Gasteiger partial charge in [0.1, 0.15) is 5.75 Å². The van der Waals surface area contributed by atoms with E-state index in [4.69, 9.17) is 10.5 Å². The molecule has 0 spiro atoms. The average Bonchev–Trinajstić information content (AvgIpc) is 2.40. The summed E-state index contributed by atoms with van der Waals surface area (Å²) < 4.78 is 5.57. The molecule has 2 aromatic carbocycles. The smallest absolute Gasteiger partial charge is 0.332 e. The summed E-state index contributed by atoms with van der Waals surface area (Å²) in [6.07, 6.45) is 1.54. The van der Waals surface area contributed by atoms with Gasteiger partial charge in [-0.1, -0.05) is 30.3 Å². The number of carbonyl (C=O) groups excluding carboxylic acids is 1. The highest BCUT2D eigenvalue weighted by atomic mass is 16.5. The number of hydrazone groups is 1. The zero-order chi connectivity index (χ0) is 13.7. The first-order valence-corrected chi connectivity index (χ1v) is 5.95. The van der Waals surface area contributed by atoms with Gasteiger partial charge in [0.15, 0.2) is 0 Å². The van der Waals surface area contributed by atoms with Crippen molar-refractivity contribution >= 4 is 23.0 Å². The molecule has 2 amide bonds. The van der Waals surface area contributed by atoms with Crippen molar-refractivity contribution in [1.82, 2.24) is 5.43 Å². The van der Waals surface area contributed by atoms with Gasteiger partial charge >= 0.3 is 6.03 Å². The number of carbonyl (C=O) groups is 1. The second kappa shape index (κ2) is 5.86. The van der Waals surface area contributed by atoms with E-state index < -0.39 is 6.03 Å². The van der Waals surface area contributed by atoms with Gasteiger partial charge in [0.05, 0.1) is 12.8 Å². The molecular weight excluding hydrogens is 242 g/mol. The van der Waals surface area contributed by atoms with Crippen LogP contribution in [0, 0.1) is 0 Å². The summed E-state index contributed by atoms with van der Waals surface area (Å²) in [6.45, 7) is 2.47. The fourth-order valence-corrected chi connectivity index (χ4v) is 1.85. The van der Waals surface area contributed by atoms with Crippen molar-refractivity contribution < 1.29 is 9.53 Å². The van der Waals surface area contributed by atoms with Crippen LogP contribution in [-0.2, 0) is 0 Å². The van der Waals surface area contributed by atoms with Crippen LogP contribution in [0.25, 0.3) is 10.8 Å². The van der Waals surface area contributed by atoms with Gasteiger partial charge in [0, 0.05) is 5.56 Å². The quantitative estimate of drug-likeness (QED) is 0.651. The fraction of sp³-hybridized carbons (Fsp3) is 0.143. The molecule has 3 N–H and O–H groups in total. The summed E-state index contributed by atoms with van der Waals surface area (Å²) in [7, 11) is 0. The zero-order valence-corrected chi connectivity index (χ0v) is 10.6. The number of fused-ring (bicyclic) bond motifs is 1. The van der Waals surface area contributed by atoms with Crippen molar-refractivity contribution in [2.24, 2.45) is 10.8 Å². The van der Waals surface area contributed by atoms with Crippen LogP contribution in [0.3, 0.4) is 0 Å². The van der Waals surface area contributed by atoms with Crippen LogP contribution >= 0.6 is 0 Å². The molecule has 0 aliphatic heterocycles. The highest BCUT2D eigenvalue weighted by Crippen LogP contribution is 2.26. The Kier molecular flexibility index (Phi) is 3.97. The van der Waals surface area contributed by atoms with Gasteiger partial charge in [-0.2, -0.15) is 5.10 Å². The van der Waals surface area contributed by atoms with Crippen molar-refractivity contribution in [2.75, 3.05) is 6.61 Å². The minimum absolute atomic E-state index is 0.558. The Labute approximate surface area is 111 Å². The topological polar surface area (TPSA) is 76.7 Å². The van der Waals surface area contributed by atoms with Crippen molar-refractivity contribution in [3.8, 4) is 5.75 Å². The Hall–Kier alpha value is -2.56. The number of amides is 2. The van der Waals surface area contributed by atoms with Gasteiger partial charge in [-0.3, -0.25) is 0 Å². The highest BCUT2D eigenvalue weighted by molar-refractivity contribution is 6.02. The van der Waals surface area contributed by atoms with Gasteiger partial charge in [-0.25, -0.2) is 10.2 Å². The fourth-order valence-electron chi connectivity index (χ4n) is 1.85. The summed E-state index contributed by atoms with van der Waals surface area (Å²) >= 11 is 0. The lowest BCUT2D eigenvalue weighted by Crippen LogP contribution is -2.24. The molecule has 0 saturated heterocycles. The number of urea groups is 1. The molecule has 0 aromatic heterocycles. The summed E-state index contributed by atoms with van der Waals surface area (Å²) in [5, 5.41) is 5.88. The van der Waals surface area contributed by atoms with Crippen LogP contribution in [-0.4, -0.2) is 18.9 Å². The summed E-state index contributed by atoms with van der Waals surface area (Å²) in [4.78, 5) is 10.6. The number of primary amides is 1. The van der Waals surface area contributed by atoms with E-state index in [2.05, 4.69) is 10.5 Å². The molecule has 0 atom stereocenters. The first-order valence-electron chi connectivity index (χ1n) is 5.95. The predicted molar refractivity (Wildman–Crippen MR) is 75.4 cm³/mol. The number of nitrogens with zero attached hydrogens (tertiary/aromatic N) is 1.